The monoisotopic (exact) mass is 484 g/mol. The van der Waals surface area contributed by atoms with Gasteiger partial charge in [0.2, 0.25) is 0 Å². The summed E-state index contributed by atoms with van der Waals surface area (Å²) < 4.78 is 61.1. The summed E-state index contributed by atoms with van der Waals surface area (Å²) in [5.41, 5.74) is -3.73. The lowest BCUT2D eigenvalue weighted by Crippen LogP contribution is -2.51. The van der Waals surface area contributed by atoms with Crippen LogP contribution in [0, 0.1) is 23.5 Å². The summed E-state index contributed by atoms with van der Waals surface area (Å²) in [6.45, 7) is 0. The minimum Gasteiger partial charge on any atom is -0.481 e. The molecule has 0 aliphatic heterocycles. The molecule has 35 heavy (non-hydrogen) atoms. The third kappa shape index (κ3) is 3.99. The lowest BCUT2D eigenvalue weighted by molar-refractivity contribution is -0.150. The van der Waals surface area contributed by atoms with Crippen LogP contribution in [0.15, 0.2) is 78.6 Å². The number of carboxylic acid groups (broad SMARTS) is 2. The van der Waals surface area contributed by atoms with Gasteiger partial charge >= 0.3 is 11.9 Å². The number of rotatable bonds is 8. The molecule has 2 atom stereocenters. The second-order valence-corrected chi connectivity index (χ2v) is 8.44. The number of benzene rings is 3. The van der Waals surface area contributed by atoms with Gasteiger partial charge in [0, 0.05) is 11.1 Å². The Morgan fingerprint density at radius 2 is 1.17 bits per heavy atom. The van der Waals surface area contributed by atoms with Gasteiger partial charge in [-0.25, -0.2) is 17.6 Å². The summed E-state index contributed by atoms with van der Waals surface area (Å²) in [7, 11) is 0. The Hall–Kier alpha value is -3.94. The van der Waals surface area contributed by atoms with Crippen molar-refractivity contribution in [1.82, 2.24) is 0 Å². The molecule has 0 saturated carbocycles. The zero-order chi connectivity index (χ0) is 25.3. The second-order valence-electron chi connectivity index (χ2n) is 8.44. The third-order valence-electron chi connectivity index (χ3n) is 6.56. The molecule has 2 unspecified atom stereocenters. The van der Waals surface area contributed by atoms with E-state index in [9.17, 15) is 24.2 Å². The second kappa shape index (κ2) is 9.37. The van der Waals surface area contributed by atoms with Crippen LogP contribution in [0.4, 0.5) is 17.6 Å². The number of hydrogen-bond acceptors (Lipinski definition) is 2. The average Bonchev–Trinajstić information content (AvgIpc) is 3.07. The van der Waals surface area contributed by atoms with Crippen LogP contribution in [0.3, 0.4) is 0 Å². The van der Waals surface area contributed by atoms with Crippen molar-refractivity contribution in [3.63, 3.8) is 0 Å². The van der Waals surface area contributed by atoms with Crippen molar-refractivity contribution >= 4 is 17.8 Å². The van der Waals surface area contributed by atoms with Gasteiger partial charge in [-0.3, -0.25) is 9.59 Å². The molecule has 180 valence electrons. The van der Waals surface area contributed by atoms with Crippen LogP contribution in [0.5, 0.6) is 0 Å². The molecule has 0 heterocycles. The fraction of sp³-hybridized carbons (Fsp3) is 0.185. The third-order valence-corrected chi connectivity index (χ3v) is 6.56. The predicted molar refractivity (Wildman–Crippen MR) is 120 cm³/mol. The number of allylic oxidation sites excluding steroid dienone is 1. The lowest BCUT2D eigenvalue weighted by atomic mass is 9.60. The van der Waals surface area contributed by atoms with Gasteiger partial charge in [0.15, 0.2) is 17.5 Å². The quantitative estimate of drug-likeness (QED) is 0.402. The number of aliphatic carboxylic acids is 2. The van der Waals surface area contributed by atoms with E-state index in [1.54, 1.807) is 36.4 Å². The summed E-state index contributed by atoms with van der Waals surface area (Å²) >= 11 is 0. The van der Waals surface area contributed by atoms with Crippen molar-refractivity contribution < 1.29 is 37.4 Å². The largest absolute Gasteiger partial charge is 0.481 e. The molecule has 0 saturated heterocycles. The minimum absolute atomic E-state index is 0.376. The smallest absolute Gasteiger partial charge is 0.308 e. The van der Waals surface area contributed by atoms with Gasteiger partial charge in [0.1, 0.15) is 5.83 Å². The molecule has 0 spiro atoms. The predicted octanol–water partition coefficient (Wildman–Crippen LogP) is 5.71. The van der Waals surface area contributed by atoms with E-state index in [-0.39, 0.29) is 0 Å². The van der Waals surface area contributed by atoms with Crippen LogP contribution >= 0.6 is 0 Å². The van der Waals surface area contributed by atoms with Crippen LogP contribution in [0.25, 0.3) is 5.83 Å². The SMILES string of the molecule is O=C(O)C(Cc1ccccc1)C1(C(Cc2ccccc2)C(=O)O)C(F)=C(F)c2ccc(F)c(F)c21. The lowest BCUT2D eigenvalue weighted by Gasteiger charge is -2.40. The van der Waals surface area contributed by atoms with Gasteiger partial charge in [0.05, 0.1) is 17.3 Å². The molecule has 4 rings (SSSR count). The molecule has 0 aromatic heterocycles. The highest BCUT2D eigenvalue weighted by Gasteiger charge is 2.62. The molecule has 0 radical (unpaired) electrons. The van der Waals surface area contributed by atoms with E-state index in [1.165, 1.54) is 24.3 Å². The first-order valence-corrected chi connectivity index (χ1v) is 10.8. The zero-order valence-electron chi connectivity index (χ0n) is 18.2. The van der Waals surface area contributed by atoms with Gasteiger partial charge in [-0.2, -0.15) is 0 Å². The van der Waals surface area contributed by atoms with Crippen molar-refractivity contribution in [3.8, 4) is 0 Å². The normalized spacial score (nSPS) is 18.7. The Labute approximate surface area is 198 Å². The van der Waals surface area contributed by atoms with Crippen molar-refractivity contribution in [2.45, 2.75) is 18.3 Å². The Morgan fingerprint density at radius 3 is 1.60 bits per heavy atom. The molecule has 0 fully saturated rings. The van der Waals surface area contributed by atoms with Crippen LogP contribution < -0.4 is 0 Å². The van der Waals surface area contributed by atoms with Crippen molar-refractivity contribution in [2.24, 2.45) is 11.8 Å². The highest BCUT2D eigenvalue weighted by atomic mass is 19.2. The van der Waals surface area contributed by atoms with Gasteiger partial charge in [-0.15, -0.1) is 0 Å². The molecule has 3 aromatic rings. The Bertz CT molecular complexity index is 1250. The topological polar surface area (TPSA) is 74.6 Å². The fourth-order valence-electron chi connectivity index (χ4n) is 5.03. The first-order chi connectivity index (χ1) is 16.7. The summed E-state index contributed by atoms with van der Waals surface area (Å²) in [4.78, 5) is 25.2. The van der Waals surface area contributed by atoms with E-state index >= 15 is 13.2 Å². The molecule has 4 nitrogen and oxygen atoms in total. The first kappa shape index (κ1) is 24.2. The van der Waals surface area contributed by atoms with Crippen LogP contribution in [-0.2, 0) is 27.8 Å². The maximum absolute atomic E-state index is 16.1. The van der Waals surface area contributed by atoms with Crippen LogP contribution in [0.1, 0.15) is 22.3 Å². The van der Waals surface area contributed by atoms with E-state index in [2.05, 4.69) is 0 Å². The van der Waals surface area contributed by atoms with Crippen molar-refractivity contribution in [3.05, 3.63) is 113 Å². The highest BCUT2D eigenvalue weighted by molar-refractivity contribution is 5.86. The highest BCUT2D eigenvalue weighted by Crippen LogP contribution is 2.58. The molecular formula is C27H20F4O4. The summed E-state index contributed by atoms with van der Waals surface area (Å²) in [6.07, 6.45) is -0.907. The molecular weight excluding hydrogens is 464 g/mol. The summed E-state index contributed by atoms with van der Waals surface area (Å²) in [6, 6.07) is 17.2. The standard InChI is InChI=1S/C27H20F4O4/c28-20-12-11-17-21(23(20)30)27(24(31)22(17)29,18(25(32)33)13-15-7-3-1-4-8-15)19(26(34)35)14-16-9-5-2-6-10-16/h1-12,18-19H,13-14H2,(H,32,33)(H,34,35). The number of fused-ring (bicyclic) bond motifs is 1. The van der Waals surface area contributed by atoms with Crippen LogP contribution in [0.2, 0.25) is 0 Å². The molecule has 3 aromatic carbocycles. The Balaban J connectivity index is 2.05. The number of carboxylic acids is 2. The van der Waals surface area contributed by atoms with E-state index in [1.807, 2.05) is 0 Å². The fourth-order valence-corrected chi connectivity index (χ4v) is 5.03. The molecule has 1 aliphatic carbocycles. The van der Waals surface area contributed by atoms with Crippen molar-refractivity contribution in [2.75, 3.05) is 0 Å². The van der Waals surface area contributed by atoms with E-state index in [0.717, 1.165) is 6.07 Å². The van der Waals surface area contributed by atoms with Crippen molar-refractivity contribution in [1.29, 1.82) is 0 Å². The first-order valence-electron chi connectivity index (χ1n) is 10.8. The number of halogens is 4. The van der Waals surface area contributed by atoms with E-state index in [0.29, 0.717) is 17.2 Å². The maximum atomic E-state index is 16.1. The van der Waals surface area contributed by atoms with Gasteiger partial charge in [-0.05, 0) is 36.1 Å². The van der Waals surface area contributed by atoms with Gasteiger partial charge < -0.3 is 10.2 Å². The van der Waals surface area contributed by atoms with E-state index in [4.69, 9.17) is 0 Å². The van der Waals surface area contributed by atoms with Gasteiger partial charge in [-0.1, -0.05) is 60.7 Å². The average molecular weight is 484 g/mol. The molecule has 2 N–H and O–H groups in total. The molecule has 1 aliphatic rings. The summed E-state index contributed by atoms with van der Waals surface area (Å²) in [5, 5.41) is 20.5. The molecule has 0 bridgehead atoms. The Kier molecular flexibility index (Phi) is 6.47. The summed E-state index contributed by atoms with van der Waals surface area (Å²) in [5.74, 6) is -13.8. The zero-order valence-corrected chi connectivity index (χ0v) is 18.2. The Morgan fingerprint density at radius 1 is 0.714 bits per heavy atom. The molecule has 8 heteroatoms. The number of hydrogen-bond donors (Lipinski definition) is 2. The van der Waals surface area contributed by atoms with E-state index < -0.39 is 76.4 Å². The van der Waals surface area contributed by atoms with Gasteiger partial charge in [0.25, 0.3) is 0 Å². The minimum atomic E-state index is -2.85. The number of carbonyl (C=O) groups is 2. The maximum Gasteiger partial charge on any atom is 0.308 e. The molecule has 0 amide bonds. The van der Waals surface area contributed by atoms with Crippen LogP contribution in [-0.4, -0.2) is 22.2 Å².